The number of nitrogens with zero attached hydrogens (tertiary/aromatic N) is 3. The molecule has 0 spiro atoms. The lowest BCUT2D eigenvalue weighted by molar-refractivity contribution is -0.149. The van der Waals surface area contributed by atoms with E-state index in [0.29, 0.717) is 40.1 Å². The number of aryl methyl sites for hydroxylation is 1. The van der Waals surface area contributed by atoms with Crippen LogP contribution >= 0.6 is 0 Å². The van der Waals surface area contributed by atoms with Crippen molar-refractivity contribution >= 4 is 23.0 Å². The van der Waals surface area contributed by atoms with E-state index in [9.17, 15) is 22.8 Å². The van der Waals surface area contributed by atoms with E-state index in [0.717, 1.165) is 36.1 Å². The summed E-state index contributed by atoms with van der Waals surface area (Å²) in [6, 6.07) is 5.72. The maximum Gasteiger partial charge on any atom is 0.410 e. The number of oxazole rings is 1. The van der Waals surface area contributed by atoms with Gasteiger partial charge in [-0.15, -0.1) is 0 Å². The first-order valence-corrected chi connectivity index (χ1v) is 12.9. The van der Waals surface area contributed by atoms with Crippen molar-refractivity contribution in [3.05, 3.63) is 59.2 Å². The van der Waals surface area contributed by atoms with Crippen molar-refractivity contribution in [1.82, 2.24) is 25.5 Å². The van der Waals surface area contributed by atoms with Crippen molar-refractivity contribution in [2.24, 2.45) is 17.8 Å². The van der Waals surface area contributed by atoms with Gasteiger partial charge in [-0.05, 0) is 79.7 Å². The van der Waals surface area contributed by atoms with Gasteiger partial charge in [-0.3, -0.25) is 9.78 Å². The number of carbonyl (C=O) groups excluding carboxylic acids is 2. The molecule has 1 saturated heterocycles. The zero-order chi connectivity index (χ0) is 26.6. The quantitative estimate of drug-likeness (QED) is 0.434. The number of pyridine rings is 1. The zero-order valence-corrected chi connectivity index (χ0v) is 20.8. The summed E-state index contributed by atoms with van der Waals surface area (Å²) in [6.07, 6.45) is 1.53. The first kappa shape index (κ1) is 24.7. The summed E-state index contributed by atoms with van der Waals surface area (Å²) >= 11 is 0. The number of halogens is 3. The first-order chi connectivity index (χ1) is 18.2. The number of benzene rings is 1. The Bertz CT molecular complexity index is 1370. The van der Waals surface area contributed by atoms with E-state index in [2.05, 4.69) is 10.3 Å². The third-order valence-electron chi connectivity index (χ3n) is 7.72. The van der Waals surface area contributed by atoms with Crippen molar-refractivity contribution in [3.63, 3.8) is 0 Å². The average Bonchev–Trinajstić information content (AvgIpc) is 3.80. The van der Waals surface area contributed by atoms with Crippen LogP contribution in [0, 0.1) is 24.7 Å². The van der Waals surface area contributed by atoms with Gasteiger partial charge >= 0.3 is 12.2 Å². The topological polar surface area (TPSA) is 100 Å². The molecule has 1 aliphatic heterocycles. The molecule has 6 rings (SSSR count). The predicted molar refractivity (Wildman–Crippen MR) is 131 cm³/mol. The molecule has 200 valence electrons. The molecule has 0 unspecified atom stereocenters. The monoisotopic (exact) mass is 527 g/mol. The first-order valence-electron chi connectivity index (χ1n) is 12.9. The van der Waals surface area contributed by atoms with E-state index in [1.165, 1.54) is 0 Å². The minimum atomic E-state index is -4.50. The summed E-state index contributed by atoms with van der Waals surface area (Å²) < 4.78 is 45.3. The molecule has 3 aromatic rings. The normalized spacial score (nSPS) is 20.7. The molecule has 2 N–H and O–H groups in total. The number of amides is 3. The zero-order valence-electron chi connectivity index (χ0n) is 20.8. The number of nitrogens with one attached hydrogen (secondary N) is 2. The molecule has 2 atom stereocenters. The standard InChI is InChI=1S/C27H28F3N5O3/c1-14-3-2-10-31-22(14)24(36)34-23(21(16-5-6-16)17-7-8-17)25-32-18-11-15(4-9-19(18)38-25)12-35-13-20(27(28,29)30)33-26(35)37/h2-4,9-11,16-17,20-21,23H,5-8,12-13H2,1H3,(H,33,37)(H,34,36)/t20-,23-/m0/s1. The summed E-state index contributed by atoms with van der Waals surface area (Å²) in [5, 5.41) is 5.15. The van der Waals surface area contributed by atoms with Crippen LogP contribution in [-0.2, 0) is 6.54 Å². The fourth-order valence-electron chi connectivity index (χ4n) is 5.50. The fraction of sp³-hybridized carbons (Fsp3) is 0.481. The van der Waals surface area contributed by atoms with Crippen LogP contribution in [0.5, 0.6) is 0 Å². The van der Waals surface area contributed by atoms with Gasteiger partial charge in [-0.1, -0.05) is 12.1 Å². The van der Waals surface area contributed by atoms with E-state index in [4.69, 9.17) is 9.40 Å². The third kappa shape index (κ3) is 4.93. The Hall–Kier alpha value is -3.63. The van der Waals surface area contributed by atoms with Crippen molar-refractivity contribution < 1.29 is 27.2 Å². The van der Waals surface area contributed by atoms with Crippen molar-refractivity contribution in [1.29, 1.82) is 0 Å². The molecule has 8 nitrogen and oxygen atoms in total. The lowest BCUT2D eigenvalue weighted by Gasteiger charge is -2.26. The molecule has 2 saturated carbocycles. The number of hydrogen-bond acceptors (Lipinski definition) is 5. The second-order valence-corrected chi connectivity index (χ2v) is 10.7. The van der Waals surface area contributed by atoms with Crippen molar-refractivity contribution in [2.75, 3.05) is 6.54 Å². The Kier molecular flexibility index (Phi) is 6.03. The Balaban J connectivity index is 1.27. The molecule has 3 amide bonds. The number of urea groups is 1. The van der Waals surface area contributed by atoms with E-state index < -0.39 is 30.8 Å². The van der Waals surface area contributed by atoms with Crippen LogP contribution in [0.2, 0.25) is 0 Å². The lowest BCUT2D eigenvalue weighted by Crippen LogP contribution is -2.40. The number of rotatable bonds is 8. The van der Waals surface area contributed by atoms with Gasteiger partial charge in [-0.2, -0.15) is 13.2 Å². The third-order valence-corrected chi connectivity index (χ3v) is 7.72. The molecule has 1 aromatic carbocycles. The number of fused-ring (bicyclic) bond motifs is 1. The molecule has 11 heteroatoms. The molecule has 38 heavy (non-hydrogen) atoms. The SMILES string of the molecule is Cc1cccnc1C(=O)N[C@H](c1nc2cc(CN3C[C@@H](C(F)(F)F)NC3=O)ccc2o1)C(C1CC1)C1CC1. The Morgan fingerprint density at radius 3 is 2.58 bits per heavy atom. The number of carbonyl (C=O) groups is 2. The summed E-state index contributed by atoms with van der Waals surface area (Å²) in [7, 11) is 0. The Morgan fingerprint density at radius 1 is 1.21 bits per heavy atom. The van der Waals surface area contributed by atoms with Gasteiger partial charge in [-0.25, -0.2) is 9.78 Å². The van der Waals surface area contributed by atoms with Crippen LogP contribution in [0.1, 0.15) is 59.2 Å². The van der Waals surface area contributed by atoms with Gasteiger partial charge in [0.25, 0.3) is 5.91 Å². The summed E-state index contributed by atoms with van der Waals surface area (Å²) in [5.41, 5.74) is 2.83. The lowest BCUT2D eigenvalue weighted by atomic mass is 9.89. The molecule has 2 aromatic heterocycles. The minimum absolute atomic E-state index is 0.0163. The predicted octanol–water partition coefficient (Wildman–Crippen LogP) is 4.89. The van der Waals surface area contributed by atoms with Crippen LogP contribution in [0.25, 0.3) is 11.1 Å². The van der Waals surface area contributed by atoms with Gasteiger partial charge in [0.15, 0.2) is 5.58 Å². The molecular formula is C27H28F3N5O3. The van der Waals surface area contributed by atoms with E-state index >= 15 is 0 Å². The smallest absolute Gasteiger partial charge is 0.410 e. The highest BCUT2D eigenvalue weighted by Gasteiger charge is 2.48. The largest absolute Gasteiger partial charge is 0.438 e. The Labute approximate surface area is 217 Å². The molecular weight excluding hydrogens is 499 g/mol. The van der Waals surface area contributed by atoms with Crippen LogP contribution < -0.4 is 10.6 Å². The van der Waals surface area contributed by atoms with Gasteiger partial charge in [0, 0.05) is 12.7 Å². The van der Waals surface area contributed by atoms with Crippen LogP contribution in [0.4, 0.5) is 18.0 Å². The van der Waals surface area contributed by atoms with Crippen LogP contribution in [-0.4, -0.2) is 45.6 Å². The summed E-state index contributed by atoms with van der Waals surface area (Å²) in [6.45, 7) is 1.41. The average molecular weight is 528 g/mol. The second-order valence-electron chi connectivity index (χ2n) is 10.7. The maximum absolute atomic E-state index is 13.3. The van der Waals surface area contributed by atoms with Gasteiger partial charge in [0.2, 0.25) is 5.89 Å². The van der Waals surface area contributed by atoms with Gasteiger partial charge < -0.3 is 20.0 Å². The summed E-state index contributed by atoms with van der Waals surface area (Å²) in [5.74, 6) is 1.35. The highest BCUT2D eigenvalue weighted by Crippen LogP contribution is 2.54. The molecule has 0 radical (unpaired) electrons. The molecule has 3 heterocycles. The number of alkyl halides is 3. The maximum atomic E-state index is 13.3. The highest BCUT2D eigenvalue weighted by atomic mass is 19.4. The van der Waals surface area contributed by atoms with Gasteiger partial charge in [0.1, 0.15) is 23.3 Å². The van der Waals surface area contributed by atoms with Crippen LogP contribution in [0.3, 0.4) is 0 Å². The highest BCUT2D eigenvalue weighted by molar-refractivity contribution is 5.93. The van der Waals surface area contributed by atoms with E-state index in [-0.39, 0.29) is 18.4 Å². The van der Waals surface area contributed by atoms with Crippen molar-refractivity contribution in [2.45, 2.75) is 57.4 Å². The van der Waals surface area contributed by atoms with Crippen molar-refractivity contribution in [3.8, 4) is 0 Å². The van der Waals surface area contributed by atoms with E-state index in [1.807, 2.05) is 18.3 Å². The molecule has 3 aliphatic rings. The number of hydrogen-bond donors (Lipinski definition) is 2. The van der Waals surface area contributed by atoms with Gasteiger partial charge in [0.05, 0.1) is 6.54 Å². The van der Waals surface area contributed by atoms with E-state index in [1.54, 1.807) is 30.5 Å². The molecule has 0 bridgehead atoms. The molecule has 2 aliphatic carbocycles. The Morgan fingerprint density at radius 2 is 1.95 bits per heavy atom. The van der Waals surface area contributed by atoms with Crippen LogP contribution in [0.15, 0.2) is 40.9 Å². The second kappa shape index (κ2) is 9.28. The number of aromatic nitrogens is 2. The minimum Gasteiger partial charge on any atom is -0.438 e. The summed E-state index contributed by atoms with van der Waals surface area (Å²) in [4.78, 5) is 35.5. The fourth-order valence-corrected chi connectivity index (χ4v) is 5.50. The molecule has 3 fully saturated rings.